The number of alkyl halides is 3. The molecule has 1 aliphatic rings. The molecule has 1 aromatic carbocycles. The summed E-state index contributed by atoms with van der Waals surface area (Å²) in [5.41, 5.74) is 0.807. The number of aromatic nitrogens is 1. The first-order valence-corrected chi connectivity index (χ1v) is 6.71. The van der Waals surface area contributed by atoms with Gasteiger partial charge in [0, 0.05) is 11.8 Å². The van der Waals surface area contributed by atoms with Crippen LogP contribution in [-0.2, 0) is 6.18 Å². The van der Waals surface area contributed by atoms with E-state index in [-0.39, 0.29) is 17.4 Å². The highest BCUT2D eigenvalue weighted by molar-refractivity contribution is 7.11. The molecule has 2 unspecified atom stereocenters. The smallest absolute Gasteiger partial charge is 0.443 e. The Morgan fingerprint density at radius 1 is 1.35 bits per heavy atom. The molecule has 0 radical (unpaired) electrons. The molecule has 0 saturated carbocycles. The van der Waals surface area contributed by atoms with Crippen LogP contribution in [0.5, 0.6) is 5.75 Å². The third kappa shape index (κ3) is 2.27. The molecule has 0 bridgehead atoms. The van der Waals surface area contributed by atoms with Crippen molar-refractivity contribution in [3.05, 3.63) is 45.9 Å². The van der Waals surface area contributed by atoms with Crippen molar-refractivity contribution in [3.63, 3.8) is 0 Å². The molecule has 0 aliphatic carbocycles. The molecule has 106 valence electrons. The molecule has 1 aliphatic heterocycles. The second-order valence-electron chi connectivity index (χ2n) is 4.47. The number of ether oxygens (including phenoxy) is 1. The van der Waals surface area contributed by atoms with Gasteiger partial charge in [-0.3, -0.25) is 0 Å². The lowest BCUT2D eigenvalue weighted by atomic mass is 9.95. The monoisotopic (exact) mass is 301 g/mol. The van der Waals surface area contributed by atoms with Crippen LogP contribution in [0.1, 0.15) is 27.5 Å². The summed E-state index contributed by atoms with van der Waals surface area (Å²) in [6, 6.07) is 7.20. The largest absolute Gasteiger partial charge is 0.493 e. The molecule has 0 fully saturated rings. The van der Waals surface area contributed by atoms with Gasteiger partial charge in [0.15, 0.2) is 5.01 Å². The SMILES string of the molecule is OC(c1cnc(C(F)(F)F)s1)C1COc2ccccc21. The maximum Gasteiger partial charge on any atom is 0.443 e. The highest BCUT2D eigenvalue weighted by Crippen LogP contribution is 2.43. The minimum atomic E-state index is -4.48. The summed E-state index contributed by atoms with van der Waals surface area (Å²) in [6.07, 6.45) is -4.45. The number of aliphatic hydroxyl groups excluding tert-OH is 1. The predicted molar refractivity (Wildman–Crippen MR) is 66.8 cm³/mol. The molecule has 2 aromatic rings. The van der Waals surface area contributed by atoms with Crippen molar-refractivity contribution < 1.29 is 23.0 Å². The molecule has 2 atom stereocenters. The van der Waals surface area contributed by atoms with Gasteiger partial charge in [-0.25, -0.2) is 4.98 Å². The average molecular weight is 301 g/mol. The van der Waals surface area contributed by atoms with E-state index in [0.29, 0.717) is 17.1 Å². The van der Waals surface area contributed by atoms with Crippen molar-refractivity contribution in [2.24, 2.45) is 0 Å². The van der Waals surface area contributed by atoms with Crippen molar-refractivity contribution in [1.29, 1.82) is 0 Å². The number of benzene rings is 1. The number of para-hydroxylation sites is 1. The Bertz CT molecular complexity index is 626. The standard InChI is InChI=1S/C13H10F3NO2S/c14-13(15,16)12-17-5-10(20-12)11(18)8-6-19-9-4-2-1-3-7(8)9/h1-5,8,11,18H,6H2. The summed E-state index contributed by atoms with van der Waals surface area (Å²) in [7, 11) is 0. The van der Waals surface area contributed by atoms with Gasteiger partial charge in [0.05, 0.1) is 17.4 Å². The molecule has 3 nitrogen and oxygen atoms in total. The van der Waals surface area contributed by atoms with E-state index in [1.54, 1.807) is 12.1 Å². The number of hydrogen-bond acceptors (Lipinski definition) is 4. The zero-order chi connectivity index (χ0) is 14.3. The zero-order valence-corrected chi connectivity index (χ0v) is 10.9. The van der Waals surface area contributed by atoms with Crippen LogP contribution in [0.3, 0.4) is 0 Å². The molecule has 20 heavy (non-hydrogen) atoms. The van der Waals surface area contributed by atoms with Crippen LogP contribution in [-0.4, -0.2) is 16.7 Å². The van der Waals surface area contributed by atoms with Crippen molar-refractivity contribution in [3.8, 4) is 5.75 Å². The van der Waals surface area contributed by atoms with E-state index in [0.717, 1.165) is 11.8 Å². The van der Waals surface area contributed by atoms with Gasteiger partial charge in [-0.2, -0.15) is 13.2 Å². The van der Waals surface area contributed by atoms with E-state index in [2.05, 4.69) is 4.98 Å². The molecule has 2 heterocycles. The highest BCUT2D eigenvalue weighted by atomic mass is 32.1. The number of thiazole rings is 1. The number of hydrogen-bond donors (Lipinski definition) is 1. The molecule has 0 saturated heterocycles. The van der Waals surface area contributed by atoms with Crippen LogP contribution < -0.4 is 4.74 Å². The number of aliphatic hydroxyl groups is 1. The zero-order valence-electron chi connectivity index (χ0n) is 10.1. The predicted octanol–water partition coefficient (Wildman–Crippen LogP) is 3.37. The van der Waals surface area contributed by atoms with E-state index < -0.39 is 17.3 Å². The Balaban J connectivity index is 1.87. The van der Waals surface area contributed by atoms with E-state index >= 15 is 0 Å². The Labute approximate surface area is 116 Å². The average Bonchev–Trinajstić information content (AvgIpc) is 3.04. The van der Waals surface area contributed by atoms with Gasteiger partial charge in [-0.05, 0) is 6.07 Å². The quantitative estimate of drug-likeness (QED) is 0.924. The van der Waals surface area contributed by atoms with Crippen LogP contribution in [0, 0.1) is 0 Å². The molecular formula is C13H10F3NO2S. The fourth-order valence-electron chi connectivity index (χ4n) is 2.20. The Kier molecular flexibility index (Phi) is 3.18. The van der Waals surface area contributed by atoms with Gasteiger partial charge in [-0.1, -0.05) is 18.2 Å². The number of halogens is 3. The Morgan fingerprint density at radius 2 is 2.10 bits per heavy atom. The van der Waals surface area contributed by atoms with Crippen LogP contribution >= 0.6 is 11.3 Å². The van der Waals surface area contributed by atoms with Gasteiger partial charge in [0.25, 0.3) is 0 Å². The minimum Gasteiger partial charge on any atom is -0.493 e. The number of fused-ring (bicyclic) bond motifs is 1. The lowest BCUT2D eigenvalue weighted by Gasteiger charge is -2.15. The minimum absolute atomic E-state index is 0.197. The first-order chi connectivity index (χ1) is 9.47. The van der Waals surface area contributed by atoms with E-state index in [9.17, 15) is 18.3 Å². The van der Waals surface area contributed by atoms with Gasteiger partial charge < -0.3 is 9.84 Å². The Morgan fingerprint density at radius 3 is 2.80 bits per heavy atom. The van der Waals surface area contributed by atoms with Crippen molar-refractivity contribution >= 4 is 11.3 Å². The first-order valence-electron chi connectivity index (χ1n) is 5.89. The summed E-state index contributed by atoms with van der Waals surface area (Å²) in [4.78, 5) is 3.53. The Hall–Kier alpha value is -1.60. The number of nitrogens with zero attached hydrogens (tertiary/aromatic N) is 1. The molecular weight excluding hydrogens is 291 g/mol. The summed E-state index contributed by atoms with van der Waals surface area (Å²) >= 11 is 0.468. The van der Waals surface area contributed by atoms with E-state index in [1.165, 1.54) is 0 Å². The van der Waals surface area contributed by atoms with Gasteiger partial charge >= 0.3 is 6.18 Å². The van der Waals surface area contributed by atoms with Gasteiger partial charge in [-0.15, -0.1) is 11.3 Å². The van der Waals surface area contributed by atoms with Crippen molar-refractivity contribution in [2.45, 2.75) is 18.2 Å². The van der Waals surface area contributed by atoms with Crippen molar-refractivity contribution in [2.75, 3.05) is 6.61 Å². The molecule has 1 aromatic heterocycles. The topological polar surface area (TPSA) is 42.4 Å². The van der Waals surface area contributed by atoms with E-state index in [1.807, 2.05) is 12.1 Å². The molecule has 1 N–H and O–H groups in total. The number of rotatable bonds is 2. The van der Waals surface area contributed by atoms with Crippen LogP contribution in [0.2, 0.25) is 0 Å². The normalized spacial score (nSPS) is 19.5. The summed E-state index contributed by atoms with van der Waals surface area (Å²) in [5, 5.41) is 9.32. The maximum atomic E-state index is 12.5. The van der Waals surface area contributed by atoms with Crippen LogP contribution in [0.4, 0.5) is 13.2 Å². The molecule has 7 heteroatoms. The summed E-state index contributed by atoms with van der Waals surface area (Å²) in [6.45, 7) is 0.250. The first kappa shape index (κ1) is 13.4. The van der Waals surface area contributed by atoms with E-state index in [4.69, 9.17) is 4.74 Å². The summed E-state index contributed by atoms with van der Waals surface area (Å²) in [5.74, 6) is 0.296. The third-order valence-electron chi connectivity index (χ3n) is 3.18. The van der Waals surface area contributed by atoms with Crippen LogP contribution in [0.15, 0.2) is 30.5 Å². The highest BCUT2D eigenvalue weighted by Gasteiger charge is 2.37. The molecule has 0 amide bonds. The van der Waals surface area contributed by atoms with Gasteiger partial charge in [0.1, 0.15) is 11.9 Å². The lowest BCUT2D eigenvalue weighted by Crippen LogP contribution is -2.11. The third-order valence-corrected chi connectivity index (χ3v) is 4.29. The second kappa shape index (κ2) is 4.75. The van der Waals surface area contributed by atoms with Crippen molar-refractivity contribution in [1.82, 2.24) is 4.98 Å². The molecule has 0 spiro atoms. The van der Waals surface area contributed by atoms with Crippen LogP contribution in [0.25, 0.3) is 0 Å². The fraction of sp³-hybridized carbons (Fsp3) is 0.308. The second-order valence-corrected chi connectivity index (χ2v) is 5.53. The molecule has 3 rings (SSSR count). The maximum absolute atomic E-state index is 12.5. The lowest BCUT2D eigenvalue weighted by molar-refractivity contribution is -0.137. The fourth-order valence-corrected chi connectivity index (χ4v) is 3.04. The summed E-state index contributed by atoms with van der Waals surface area (Å²) < 4.78 is 43.0. The van der Waals surface area contributed by atoms with Gasteiger partial charge in [0.2, 0.25) is 0 Å².